The van der Waals surface area contributed by atoms with Crippen LogP contribution in [0.2, 0.25) is 5.02 Å². The molecule has 1 unspecified atom stereocenters. The Morgan fingerprint density at radius 1 is 1.04 bits per heavy atom. The van der Waals surface area contributed by atoms with Gasteiger partial charge in [-0.25, -0.2) is 0 Å². The number of benzene rings is 2. The van der Waals surface area contributed by atoms with Crippen LogP contribution in [-0.4, -0.2) is 38.2 Å². The molecule has 7 heteroatoms. The molecule has 0 saturated carbocycles. The first-order chi connectivity index (χ1) is 13.4. The van der Waals surface area contributed by atoms with Gasteiger partial charge in [-0.1, -0.05) is 49.7 Å². The Balaban J connectivity index is 2.14. The molecular weight excluding hydrogens is 380 g/mol. The highest BCUT2D eigenvalue weighted by Gasteiger charge is 2.26. The molecule has 0 radical (unpaired) electrons. The Labute approximate surface area is 170 Å². The molecule has 2 aromatic carbocycles. The van der Waals surface area contributed by atoms with E-state index in [-0.39, 0.29) is 17.7 Å². The molecule has 0 aliphatic heterocycles. The number of amides is 2. The van der Waals surface area contributed by atoms with Crippen molar-refractivity contribution in [1.82, 2.24) is 5.32 Å². The van der Waals surface area contributed by atoms with Crippen molar-refractivity contribution in [3.8, 4) is 5.75 Å². The number of carbonyl (C=O) groups excluding carboxylic acids is 2. The molecule has 0 aromatic heterocycles. The lowest BCUT2D eigenvalue weighted by Crippen LogP contribution is -2.47. The van der Waals surface area contributed by atoms with E-state index in [1.807, 2.05) is 19.9 Å². The quantitative estimate of drug-likeness (QED) is 0.624. The molecule has 28 heavy (non-hydrogen) atoms. The summed E-state index contributed by atoms with van der Waals surface area (Å²) in [6.45, 7) is 4.41. The summed E-state index contributed by atoms with van der Waals surface area (Å²) in [5.74, 6) is -0.411. The predicted octanol–water partition coefficient (Wildman–Crippen LogP) is 3.76. The number of halogens is 1. The number of methoxy groups -OCH3 is 1. The van der Waals surface area contributed by atoms with Crippen molar-refractivity contribution in [3.05, 3.63) is 59.1 Å². The first-order valence-corrected chi connectivity index (χ1v) is 9.39. The monoisotopic (exact) mass is 404 g/mol. The van der Waals surface area contributed by atoms with Gasteiger partial charge in [0.05, 0.1) is 17.3 Å². The zero-order valence-electron chi connectivity index (χ0n) is 16.2. The molecule has 0 aliphatic rings. The number of anilines is 1. The third kappa shape index (κ3) is 5.97. The fourth-order valence-corrected chi connectivity index (χ4v) is 2.77. The normalized spacial score (nSPS) is 11.8. The van der Waals surface area contributed by atoms with Gasteiger partial charge in [-0.15, -0.1) is 0 Å². The minimum Gasteiger partial charge on any atom is -0.487 e. The highest BCUT2D eigenvalue weighted by atomic mass is 35.5. The molecule has 150 valence electrons. The van der Waals surface area contributed by atoms with Crippen LogP contribution in [-0.2, 0) is 9.53 Å². The van der Waals surface area contributed by atoms with Crippen molar-refractivity contribution in [1.29, 1.82) is 0 Å². The summed E-state index contributed by atoms with van der Waals surface area (Å²) >= 11 is 6.21. The topological polar surface area (TPSA) is 76.7 Å². The summed E-state index contributed by atoms with van der Waals surface area (Å²) in [5, 5.41) is 5.99. The van der Waals surface area contributed by atoms with Crippen LogP contribution in [0, 0.1) is 5.92 Å². The number of hydrogen-bond donors (Lipinski definition) is 2. The molecule has 0 heterocycles. The van der Waals surface area contributed by atoms with Gasteiger partial charge in [0.25, 0.3) is 5.91 Å². The van der Waals surface area contributed by atoms with E-state index in [2.05, 4.69) is 10.6 Å². The zero-order chi connectivity index (χ0) is 20.5. The van der Waals surface area contributed by atoms with E-state index in [4.69, 9.17) is 21.1 Å². The van der Waals surface area contributed by atoms with Gasteiger partial charge >= 0.3 is 0 Å². The Kier molecular flexibility index (Phi) is 8.29. The van der Waals surface area contributed by atoms with Gasteiger partial charge in [0, 0.05) is 12.7 Å². The molecule has 2 amide bonds. The molecule has 0 fully saturated rings. The highest BCUT2D eigenvalue weighted by molar-refractivity contribution is 6.32. The first-order valence-electron chi connectivity index (χ1n) is 9.01. The number of ether oxygens (including phenoxy) is 2. The lowest BCUT2D eigenvalue weighted by atomic mass is 10.0. The molecule has 1 atom stereocenters. The Morgan fingerprint density at radius 2 is 1.75 bits per heavy atom. The molecule has 2 aromatic rings. The molecule has 6 nitrogen and oxygen atoms in total. The number of nitrogens with one attached hydrogen (secondary N) is 2. The van der Waals surface area contributed by atoms with Crippen molar-refractivity contribution < 1.29 is 19.1 Å². The number of para-hydroxylation sites is 1. The van der Waals surface area contributed by atoms with Gasteiger partial charge in [-0.05, 0) is 30.2 Å². The predicted molar refractivity (Wildman–Crippen MR) is 110 cm³/mol. The van der Waals surface area contributed by atoms with E-state index >= 15 is 0 Å². The van der Waals surface area contributed by atoms with E-state index in [1.54, 1.807) is 49.6 Å². The summed E-state index contributed by atoms with van der Waals surface area (Å²) < 4.78 is 10.6. The summed E-state index contributed by atoms with van der Waals surface area (Å²) in [6.07, 6.45) is 0. The van der Waals surface area contributed by atoms with Crippen LogP contribution < -0.4 is 15.4 Å². The van der Waals surface area contributed by atoms with Crippen molar-refractivity contribution in [3.63, 3.8) is 0 Å². The lowest BCUT2D eigenvalue weighted by Gasteiger charge is -2.23. The minimum atomic E-state index is -0.724. The van der Waals surface area contributed by atoms with E-state index in [0.717, 1.165) is 0 Å². The second kappa shape index (κ2) is 10.7. The third-order valence-electron chi connectivity index (χ3n) is 4.03. The maximum Gasteiger partial charge on any atom is 0.251 e. The minimum absolute atomic E-state index is 0.121. The van der Waals surface area contributed by atoms with Gasteiger partial charge in [-0.3, -0.25) is 9.59 Å². The number of rotatable bonds is 9. The Bertz CT molecular complexity index is 796. The Morgan fingerprint density at radius 3 is 2.39 bits per heavy atom. The Hall–Kier alpha value is -2.57. The van der Waals surface area contributed by atoms with Crippen LogP contribution in [0.15, 0.2) is 48.5 Å². The van der Waals surface area contributed by atoms with Gasteiger partial charge in [0.2, 0.25) is 5.91 Å². The summed E-state index contributed by atoms with van der Waals surface area (Å²) in [5.41, 5.74) is 0.931. The van der Waals surface area contributed by atoms with E-state index < -0.39 is 6.04 Å². The van der Waals surface area contributed by atoms with Crippen molar-refractivity contribution >= 4 is 29.1 Å². The second-order valence-electron chi connectivity index (χ2n) is 6.51. The lowest BCUT2D eigenvalue weighted by molar-refractivity contribution is -0.118. The SMILES string of the molecule is COCCOc1c(Cl)cccc1NC(=O)C(NC(=O)c1ccccc1)C(C)C. The standard InChI is InChI=1S/C21H25ClN2O4/c1-14(2)18(24-20(25)15-8-5-4-6-9-15)21(26)23-17-11-7-10-16(22)19(17)28-13-12-27-3/h4-11,14,18H,12-13H2,1-3H3,(H,23,26)(H,24,25). The highest BCUT2D eigenvalue weighted by Crippen LogP contribution is 2.33. The van der Waals surface area contributed by atoms with Crippen molar-refractivity contribution in [2.45, 2.75) is 19.9 Å². The maximum absolute atomic E-state index is 12.9. The molecular formula is C21H25ClN2O4. The molecule has 2 rings (SSSR count). The molecule has 0 saturated heterocycles. The zero-order valence-corrected chi connectivity index (χ0v) is 17.0. The van der Waals surface area contributed by atoms with Crippen LogP contribution in [0.4, 0.5) is 5.69 Å². The number of hydrogen-bond acceptors (Lipinski definition) is 4. The average Bonchev–Trinajstić information content (AvgIpc) is 2.68. The van der Waals surface area contributed by atoms with Crippen LogP contribution >= 0.6 is 11.6 Å². The first kappa shape index (κ1) is 21.7. The fourth-order valence-electron chi connectivity index (χ4n) is 2.54. The van der Waals surface area contributed by atoms with E-state index in [0.29, 0.717) is 35.2 Å². The van der Waals surface area contributed by atoms with Crippen LogP contribution in [0.1, 0.15) is 24.2 Å². The summed E-state index contributed by atoms with van der Waals surface area (Å²) in [6, 6.07) is 13.1. The average molecular weight is 405 g/mol. The van der Waals surface area contributed by atoms with Gasteiger partial charge in [-0.2, -0.15) is 0 Å². The number of carbonyl (C=O) groups is 2. The molecule has 0 aliphatic carbocycles. The van der Waals surface area contributed by atoms with Crippen LogP contribution in [0.25, 0.3) is 0 Å². The largest absolute Gasteiger partial charge is 0.487 e. The molecule has 0 bridgehead atoms. The van der Waals surface area contributed by atoms with Crippen molar-refractivity contribution in [2.24, 2.45) is 5.92 Å². The smallest absolute Gasteiger partial charge is 0.251 e. The van der Waals surface area contributed by atoms with Gasteiger partial charge < -0.3 is 20.1 Å². The van der Waals surface area contributed by atoms with Crippen molar-refractivity contribution in [2.75, 3.05) is 25.6 Å². The fraction of sp³-hybridized carbons (Fsp3) is 0.333. The van der Waals surface area contributed by atoms with E-state index in [1.165, 1.54) is 0 Å². The van der Waals surface area contributed by atoms with Gasteiger partial charge in [0.15, 0.2) is 5.75 Å². The second-order valence-corrected chi connectivity index (χ2v) is 6.92. The maximum atomic E-state index is 12.9. The molecule has 0 spiro atoms. The van der Waals surface area contributed by atoms with Gasteiger partial charge in [0.1, 0.15) is 12.6 Å². The molecule has 2 N–H and O–H groups in total. The van der Waals surface area contributed by atoms with E-state index in [9.17, 15) is 9.59 Å². The summed E-state index contributed by atoms with van der Waals surface area (Å²) in [4.78, 5) is 25.3. The summed E-state index contributed by atoms with van der Waals surface area (Å²) in [7, 11) is 1.57. The third-order valence-corrected chi connectivity index (χ3v) is 4.33. The van der Waals surface area contributed by atoms with Crippen LogP contribution in [0.5, 0.6) is 5.75 Å². The van der Waals surface area contributed by atoms with Crippen LogP contribution in [0.3, 0.4) is 0 Å².